The number of nitrogens with one attached hydrogen (secondary N) is 1. The number of aryl methyl sites for hydroxylation is 2. The topological polar surface area (TPSA) is 75.1 Å². The monoisotopic (exact) mass is 263 g/mol. The van der Waals surface area contributed by atoms with Crippen molar-refractivity contribution in [2.24, 2.45) is 0 Å². The van der Waals surface area contributed by atoms with Crippen LogP contribution in [0.3, 0.4) is 0 Å². The van der Waals surface area contributed by atoms with Crippen LogP contribution in [0.5, 0.6) is 0 Å². The molecule has 18 heavy (non-hydrogen) atoms. The van der Waals surface area contributed by atoms with E-state index >= 15 is 0 Å². The average Bonchev–Trinajstić information content (AvgIpc) is 2.77. The summed E-state index contributed by atoms with van der Waals surface area (Å²) in [5, 5.41) is 14.4. The summed E-state index contributed by atoms with van der Waals surface area (Å²) < 4.78 is 0. The molecule has 0 saturated heterocycles. The lowest BCUT2D eigenvalue weighted by molar-refractivity contribution is -0.136. The number of carboxylic acid groups (broad SMARTS) is 1. The Hall–Kier alpha value is -1.95. The molecule has 0 radical (unpaired) electrons. The number of hydrogen-bond donors (Lipinski definition) is 2. The van der Waals surface area contributed by atoms with Crippen molar-refractivity contribution in [1.82, 2.24) is 9.97 Å². The summed E-state index contributed by atoms with van der Waals surface area (Å²) in [6, 6.07) is 3.85. The Bertz CT molecular complexity index is 537. The maximum atomic E-state index is 10.5. The lowest BCUT2D eigenvalue weighted by Gasteiger charge is -2.01. The Kier molecular flexibility index (Phi) is 3.88. The predicted molar refractivity (Wildman–Crippen MR) is 70.3 cm³/mol. The van der Waals surface area contributed by atoms with E-state index in [1.807, 2.05) is 24.4 Å². The van der Waals surface area contributed by atoms with Gasteiger partial charge >= 0.3 is 5.97 Å². The molecular weight excluding hydrogens is 250 g/mol. The van der Waals surface area contributed by atoms with Crippen molar-refractivity contribution in [3.05, 3.63) is 35.1 Å². The molecule has 0 atom stereocenters. The number of pyridine rings is 1. The number of aromatic nitrogens is 2. The van der Waals surface area contributed by atoms with Crippen LogP contribution >= 0.6 is 11.3 Å². The summed E-state index contributed by atoms with van der Waals surface area (Å²) in [6.07, 6.45) is 2.31. The van der Waals surface area contributed by atoms with Gasteiger partial charge in [0.1, 0.15) is 0 Å². The Morgan fingerprint density at radius 1 is 1.50 bits per heavy atom. The Balaban J connectivity index is 1.97. The summed E-state index contributed by atoms with van der Waals surface area (Å²) in [5.41, 5.74) is 2.63. The molecule has 2 N–H and O–H groups in total. The molecule has 0 saturated carbocycles. The van der Waals surface area contributed by atoms with Gasteiger partial charge in [-0.2, -0.15) is 0 Å². The minimum Gasteiger partial charge on any atom is -0.481 e. The summed E-state index contributed by atoms with van der Waals surface area (Å²) in [7, 11) is 0. The van der Waals surface area contributed by atoms with Crippen LogP contribution in [0.25, 0.3) is 0 Å². The molecule has 2 aromatic heterocycles. The van der Waals surface area contributed by atoms with Gasteiger partial charge in [0.25, 0.3) is 0 Å². The van der Waals surface area contributed by atoms with Crippen LogP contribution in [0.1, 0.15) is 17.8 Å². The molecule has 0 fully saturated rings. The number of nitrogens with zero attached hydrogens (tertiary/aromatic N) is 2. The maximum absolute atomic E-state index is 10.5. The van der Waals surface area contributed by atoms with Gasteiger partial charge in [-0.05, 0) is 19.1 Å². The van der Waals surface area contributed by atoms with Crippen molar-refractivity contribution in [3.8, 4) is 0 Å². The molecule has 0 aliphatic heterocycles. The van der Waals surface area contributed by atoms with E-state index in [9.17, 15) is 4.79 Å². The molecule has 0 bridgehead atoms. The van der Waals surface area contributed by atoms with E-state index in [0.29, 0.717) is 6.42 Å². The maximum Gasteiger partial charge on any atom is 0.303 e. The highest BCUT2D eigenvalue weighted by Gasteiger charge is 2.05. The van der Waals surface area contributed by atoms with E-state index in [0.717, 1.165) is 22.2 Å². The fourth-order valence-corrected chi connectivity index (χ4v) is 2.14. The van der Waals surface area contributed by atoms with E-state index in [1.165, 1.54) is 11.3 Å². The van der Waals surface area contributed by atoms with Crippen molar-refractivity contribution in [1.29, 1.82) is 0 Å². The van der Waals surface area contributed by atoms with Crippen molar-refractivity contribution >= 4 is 28.1 Å². The minimum absolute atomic E-state index is 0.106. The number of thiazole rings is 1. The highest BCUT2D eigenvalue weighted by atomic mass is 32.1. The Labute approximate surface area is 109 Å². The molecular formula is C12H13N3O2S. The molecule has 94 valence electrons. The van der Waals surface area contributed by atoms with Crippen molar-refractivity contribution in [2.45, 2.75) is 19.8 Å². The highest BCUT2D eigenvalue weighted by molar-refractivity contribution is 7.13. The van der Waals surface area contributed by atoms with Crippen LogP contribution in [0.2, 0.25) is 0 Å². The average molecular weight is 263 g/mol. The van der Waals surface area contributed by atoms with Gasteiger partial charge in [-0.25, -0.2) is 4.98 Å². The molecule has 0 aliphatic carbocycles. The number of carboxylic acids is 1. The second-order valence-electron chi connectivity index (χ2n) is 3.85. The second-order valence-corrected chi connectivity index (χ2v) is 4.71. The lowest BCUT2D eigenvalue weighted by Crippen LogP contribution is -1.98. The first-order valence-corrected chi connectivity index (χ1v) is 6.37. The van der Waals surface area contributed by atoms with E-state index in [2.05, 4.69) is 15.3 Å². The fourth-order valence-electron chi connectivity index (χ4n) is 1.38. The van der Waals surface area contributed by atoms with Crippen molar-refractivity contribution in [2.75, 3.05) is 5.32 Å². The second kappa shape index (κ2) is 5.59. The number of aliphatic carboxylic acids is 1. The lowest BCUT2D eigenvalue weighted by atomic mass is 10.2. The van der Waals surface area contributed by atoms with Gasteiger partial charge in [0.05, 0.1) is 24.0 Å². The number of anilines is 2. The molecule has 2 aromatic rings. The van der Waals surface area contributed by atoms with Gasteiger partial charge in [-0.15, -0.1) is 11.3 Å². The summed E-state index contributed by atoms with van der Waals surface area (Å²) in [6.45, 7) is 1.93. The molecule has 5 nitrogen and oxygen atoms in total. The minimum atomic E-state index is -0.805. The quantitative estimate of drug-likeness (QED) is 0.867. The SMILES string of the molecule is Cc1ccc(Nc2nc(CCC(=O)O)cs2)cn1. The van der Waals surface area contributed by atoms with E-state index < -0.39 is 5.97 Å². The molecule has 2 rings (SSSR count). The Morgan fingerprint density at radius 2 is 2.33 bits per heavy atom. The third kappa shape index (κ3) is 3.53. The van der Waals surface area contributed by atoms with E-state index in [4.69, 9.17) is 5.11 Å². The molecule has 0 aromatic carbocycles. The number of rotatable bonds is 5. The fraction of sp³-hybridized carbons (Fsp3) is 0.250. The third-order valence-electron chi connectivity index (χ3n) is 2.31. The van der Waals surface area contributed by atoms with Gasteiger partial charge in [0.15, 0.2) is 5.13 Å². The summed E-state index contributed by atoms with van der Waals surface area (Å²) in [4.78, 5) is 18.9. The summed E-state index contributed by atoms with van der Waals surface area (Å²) in [5.74, 6) is -0.805. The van der Waals surface area contributed by atoms with Gasteiger partial charge in [0, 0.05) is 17.5 Å². The van der Waals surface area contributed by atoms with Crippen LogP contribution in [0.4, 0.5) is 10.8 Å². The predicted octanol–water partition coefficient (Wildman–Crippen LogP) is 2.61. The zero-order valence-corrected chi connectivity index (χ0v) is 10.7. The number of carbonyl (C=O) groups is 1. The molecule has 0 unspecified atom stereocenters. The van der Waals surface area contributed by atoms with Crippen LogP contribution < -0.4 is 5.32 Å². The van der Waals surface area contributed by atoms with Crippen LogP contribution in [0, 0.1) is 6.92 Å². The van der Waals surface area contributed by atoms with E-state index in [1.54, 1.807) is 6.20 Å². The zero-order valence-electron chi connectivity index (χ0n) is 9.88. The first kappa shape index (κ1) is 12.5. The molecule has 2 heterocycles. The molecule has 0 spiro atoms. The standard InChI is InChI=1S/C12H13N3O2S/c1-8-2-3-9(6-13-8)14-12-15-10(7-18-12)4-5-11(16)17/h2-3,6-7H,4-5H2,1H3,(H,14,15)(H,16,17). The van der Waals surface area contributed by atoms with Crippen molar-refractivity contribution < 1.29 is 9.90 Å². The normalized spacial score (nSPS) is 10.3. The van der Waals surface area contributed by atoms with Crippen LogP contribution in [-0.4, -0.2) is 21.0 Å². The number of hydrogen-bond acceptors (Lipinski definition) is 5. The van der Waals surface area contributed by atoms with Gasteiger partial charge in [-0.1, -0.05) is 0 Å². The molecule has 0 amide bonds. The zero-order chi connectivity index (χ0) is 13.0. The van der Waals surface area contributed by atoms with Crippen LogP contribution in [-0.2, 0) is 11.2 Å². The van der Waals surface area contributed by atoms with Gasteiger partial charge in [0.2, 0.25) is 0 Å². The highest BCUT2D eigenvalue weighted by Crippen LogP contribution is 2.21. The smallest absolute Gasteiger partial charge is 0.303 e. The first-order valence-electron chi connectivity index (χ1n) is 5.49. The first-order chi connectivity index (χ1) is 8.63. The Morgan fingerprint density at radius 3 is 3.00 bits per heavy atom. The molecule has 6 heteroatoms. The van der Waals surface area contributed by atoms with Crippen LogP contribution in [0.15, 0.2) is 23.7 Å². The van der Waals surface area contributed by atoms with E-state index in [-0.39, 0.29) is 6.42 Å². The summed E-state index contributed by atoms with van der Waals surface area (Å²) >= 11 is 1.46. The molecule has 0 aliphatic rings. The van der Waals surface area contributed by atoms with Gasteiger partial charge < -0.3 is 10.4 Å². The van der Waals surface area contributed by atoms with Gasteiger partial charge in [-0.3, -0.25) is 9.78 Å². The van der Waals surface area contributed by atoms with Crippen molar-refractivity contribution in [3.63, 3.8) is 0 Å². The third-order valence-corrected chi connectivity index (χ3v) is 3.12. The largest absolute Gasteiger partial charge is 0.481 e.